The zero-order chi connectivity index (χ0) is 36.9. The first kappa shape index (κ1) is 47.6. The summed E-state index contributed by atoms with van der Waals surface area (Å²) in [5.41, 5.74) is 0. The molecule has 2 unspecified atom stereocenters. The molecule has 4 N–H and O–H groups in total. The summed E-state index contributed by atoms with van der Waals surface area (Å²) in [5.74, 6) is -2.33. The molecule has 0 aromatic heterocycles. The lowest BCUT2D eigenvalue weighted by atomic mass is 10.0. The predicted octanol–water partition coefficient (Wildman–Crippen LogP) is 9.49. The summed E-state index contributed by atoms with van der Waals surface area (Å²) in [7, 11) is 0. The number of nitrogens with one attached hydrogen (secondary N) is 2. The van der Waals surface area contributed by atoms with Crippen LogP contribution in [0.5, 0.6) is 0 Å². The molecule has 2 atom stereocenters. The minimum absolute atomic E-state index is 0.0365. The van der Waals surface area contributed by atoms with Gasteiger partial charge in [-0.1, -0.05) is 135 Å². The summed E-state index contributed by atoms with van der Waals surface area (Å²) in [6.07, 6.45) is 37.0. The molecular weight excluding hydrogens is 632 g/mol. The number of carbonyl (C=O) groups is 4. The molecule has 0 fully saturated rings. The molecule has 0 aliphatic rings. The van der Waals surface area contributed by atoms with Gasteiger partial charge in [-0.25, -0.2) is 4.79 Å². The third-order valence-electron chi connectivity index (χ3n) is 9.26. The molecular formula is C41H76N2O7. The minimum Gasteiger partial charge on any atom is -0.480 e. The number of rotatable bonds is 37. The molecule has 0 spiro atoms. The Labute approximate surface area is 305 Å². The van der Waals surface area contributed by atoms with E-state index in [1.54, 1.807) is 0 Å². The average molecular weight is 709 g/mol. The van der Waals surface area contributed by atoms with Gasteiger partial charge in [0.05, 0.1) is 13.2 Å². The van der Waals surface area contributed by atoms with Crippen LogP contribution in [-0.2, 0) is 23.9 Å². The van der Waals surface area contributed by atoms with Crippen molar-refractivity contribution >= 4 is 23.8 Å². The van der Waals surface area contributed by atoms with E-state index in [1.165, 1.54) is 109 Å². The Morgan fingerprint density at radius 1 is 0.580 bits per heavy atom. The first-order valence-electron chi connectivity index (χ1n) is 20.6. The van der Waals surface area contributed by atoms with E-state index in [0.29, 0.717) is 12.8 Å². The van der Waals surface area contributed by atoms with E-state index in [4.69, 9.17) is 14.9 Å². The Balaban J connectivity index is 3.94. The molecule has 9 nitrogen and oxygen atoms in total. The SMILES string of the molecule is CCCCCCCC/C=C\CCCCCCCCCCCC(=O)OC(CCCCCC)CCCCCCC(=O)NCC(=O)NC(CO)C(=O)O. The molecule has 292 valence electrons. The number of esters is 1. The van der Waals surface area contributed by atoms with E-state index < -0.39 is 24.5 Å². The average Bonchev–Trinajstić information content (AvgIpc) is 3.10. The van der Waals surface area contributed by atoms with Crippen LogP contribution < -0.4 is 10.6 Å². The fourth-order valence-electron chi connectivity index (χ4n) is 6.06. The number of ether oxygens (including phenoxy) is 1. The largest absolute Gasteiger partial charge is 0.480 e. The number of unbranched alkanes of at least 4 members (excludes halogenated alkanes) is 21. The van der Waals surface area contributed by atoms with Crippen LogP contribution in [0.4, 0.5) is 0 Å². The highest BCUT2D eigenvalue weighted by Gasteiger charge is 2.19. The molecule has 0 heterocycles. The standard InChI is InChI=1S/C41H76N2O7/c1-3-5-7-9-10-11-12-13-14-15-16-17-18-19-20-21-22-23-29-33-40(47)50-36(30-26-8-6-4-2)31-27-24-25-28-32-38(45)42-34-39(46)43-37(35-44)41(48)49/h13-14,36-37,44H,3-12,15-35H2,1-2H3,(H,42,45)(H,43,46)(H,48,49)/b14-13-. The lowest BCUT2D eigenvalue weighted by Crippen LogP contribution is -2.47. The molecule has 50 heavy (non-hydrogen) atoms. The summed E-state index contributed by atoms with van der Waals surface area (Å²) in [6, 6.07) is -1.38. The maximum Gasteiger partial charge on any atom is 0.328 e. The second-order valence-corrected chi connectivity index (χ2v) is 14.1. The van der Waals surface area contributed by atoms with E-state index in [9.17, 15) is 19.2 Å². The van der Waals surface area contributed by atoms with Crippen molar-refractivity contribution in [3.63, 3.8) is 0 Å². The van der Waals surface area contributed by atoms with Crippen LogP contribution in [0.2, 0.25) is 0 Å². The van der Waals surface area contributed by atoms with Gasteiger partial charge in [0, 0.05) is 12.8 Å². The van der Waals surface area contributed by atoms with Gasteiger partial charge in [-0.15, -0.1) is 0 Å². The van der Waals surface area contributed by atoms with Gasteiger partial charge in [0.1, 0.15) is 12.1 Å². The molecule has 0 aliphatic heterocycles. The van der Waals surface area contributed by atoms with Gasteiger partial charge in [0.2, 0.25) is 11.8 Å². The Morgan fingerprint density at radius 3 is 1.52 bits per heavy atom. The van der Waals surface area contributed by atoms with Crippen molar-refractivity contribution in [2.75, 3.05) is 13.2 Å². The third kappa shape index (κ3) is 32.8. The lowest BCUT2D eigenvalue weighted by Gasteiger charge is -2.18. The van der Waals surface area contributed by atoms with E-state index in [-0.39, 0.29) is 30.9 Å². The summed E-state index contributed by atoms with van der Waals surface area (Å²) in [6.45, 7) is 3.42. The topological polar surface area (TPSA) is 142 Å². The number of carboxylic acids is 1. The minimum atomic E-state index is -1.38. The zero-order valence-corrected chi connectivity index (χ0v) is 32.2. The van der Waals surface area contributed by atoms with Crippen LogP contribution in [0.3, 0.4) is 0 Å². The van der Waals surface area contributed by atoms with Crippen LogP contribution in [0.15, 0.2) is 12.2 Å². The first-order chi connectivity index (χ1) is 24.3. The molecule has 0 aromatic carbocycles. The van der Waals surface area contributed by atoms with Gasteiger partial charge < -0.3 is 25.6 Å². The molecule has 0 radical (unpaired) electrons. The van der Waals surface area contributed by atoms with Crippen molar-refractivity contribution in [1.82, 2.24) is 10.6 Å². The molecule has 0 aliphatic carbocycles. The number of carboxylic acid groups (broad SMARTS) is 1. The molecule has 2 amide bonds. The molecule has 0 rings (SSSR count). The van der Waals surface area contributed by atoms with Crippen molar-refractivity contribution in [2.24, 2.45) is 0 Å². The monoisotopic (exact) mass is 709 g/mol. The smallest absolute Gasteiger partial charge is 0.328 e. The van der Waals surface area contributed by atoms with Crippen LogP contribution in [-0.4, -0.2) is 59.3 Å². The van der Waals surface area contributed by atoms with Crippen molar-refractivity contribution in [2.45, 2.75) is 212 Å². The van der Waals surface area contributed by atoms with Gasteiger partial charge in [0.15, 0.2) is 0 Å². The Kier molecular flexibility index (Phi) is 34.6. The normalized spacial score (nSPS) is 12.5. The quantitative estimate of drug-likeness (QED) is 0.0286. The highest BCUT2D eigenvalue weighted by Crippen LogP contribution is 2.18. The number of aliphatic carboxylic acids is 1. The number of aliphatic hydroxyl groups excluding tert-OH is 1. The van der Waals surface area contributed by atoms with E-state index in [1.807, 2.05) is 0 Å². The lowest BCUT2D eigenvalue weighted by molar-refractivity contribution is -0.150. The Hall–Kier alpha value is -2.42. The zero-order valence-electron chi connectivity index (χ0n) is 32.2. The van der Waals surface area contributed by atoms with Gasteiger partial charge in [0.25, 0.3) is 0 Å². The Bertz CT molecular complexity index is 864. The van der Waals surface area contributed by atoms with Gasteiger partial charge in [-0.3, -0.25) is 14.4 Å². The Morgan fingerprint density at radius 2 is 1.02 bits per heavy atom. The molecule has 0 aromatic rings. The molecule has 0 bridgehead atoms. The number of carbonyl (C=O) groups excluding carboxylic acids is 3. The number of allylic oxidation sites excluding steroid dienone is 2. The number of aliphatic hydroxyl groups is 1. The van der Waals surface area contributed by atoms with Crippen molar-refractivity contribution in [3.05, 3.63) is 12.2 Å². The fourth-order valence-corrected chi connectivity index (χ4v) is 6.06. The van der Waals surface area contributed by atoms with Crippen molar-refractivity contribution < 1.29 is 34.1 Å². The second kappa shape index (κ2) is 36.4. The highest BCUT2D eigenvalue weighted by molar-refractivity contribution is 5.87. The highest BCUT2D eigenvalue weighted by atomic mass is 16.5. The van der Waals surface area contributed by atoms with Gasteiger partial charge >= 0.3 is 11.9 Å². The molecule has 0 saturated carbocycles. The second-order valence-electron chi connectivity index (χ2n) is 14.1. The number of hydrogen-bond donors (Lipinski definition) is 4. The third-order valence-corrected chi connectivity index (χ3v) is 9.26. The van der Waals surface area contributed by atoms with Crippen molar-refractivity contribution in [1.29, 1.82) is 0 Å². The van der Waals surface area contributed by atoms with Crippen LogP contribution in [0.1, 0.15) is 200 Å². The summed E-state index contributed by atoms with van der Waals surface area (Å²) in [5, 5.41) is 22.5. The van der Waals surface area contributed by atoms with Crippen LogP contribution in [0.25, 0.3) is 0 Å². The fraction of sp³-hybridized carbons (Fsp3) is 0.854. The molecule has 0 saturated heterocycles. The van der Waals surface area contributed by atoms with Crippen LogP contribution >= 0.6 is 0 Å². The number of hydrogen-bond acceptors (Lipinski definition) is 6. The number of amides is 2. The maximum atomic E-state index is 12.6. The van der Waals surface area contributed by atoms with E-state index in [2.05, 4.69) is 36.6 Å². The first-order valence-corrected chi connectivity index (χ1v) is 20.6. The van der Waals surface area contributed by atoms with E-state index in [0.717, 1.165) is 57.8 Å². The summed E-state index contributed by atoms with van der Waals surface area (Å²) >= 11 is 0. The predicted molar refractivity (Wildman–Crippen MR) is 204 cm³/mol. The van der Waals surface area contributed by atoms with Crippen LogP contribution in [0, 0.1) is 0 Å². The van der Waals surface area contributed by atoms with Gasteiger partial charge in [-0.2, -0.15) is 0 Å². The maximum absolute atomic E-state index is 12.6. The van der Waals surface area contributed by atoms with Gasteiger partial charge in [-0.05, 0) is 64.2 Å². The van der Waals surface area contributed by atoms with E-state index >= 15 is 0 Å². The van der Waals surface area contributed by atoms with Crippen molar-refractivity contribution in [3.8, 4) is 0 Å². The molecule has 9 heteroatoms. The summed E-state index contributed by atoms with van der Waals surface area (Å²) in [4.78, 5) is 47.3. The summed E-state index contributed by atoms with van der Waals surface area (Å²) < 4.78 is 5.92.